The molecule has 5 aliphatic rings. The number of nitrogens with zero attached hydrogens (tertiary/aromatic N) is 1. The monoisotopic (exact) mass is 759 g/mol. The van der Waals surface area contributed by atoms with Crippen LogP contribution < -0.4 is 4.90 Å². The van der Waals surface area contributed by atoms with Crippen molar-refractivity contribution in [3.8, 4) is 22.3 Å². The van der Waals surface area contributed by atoms with E-state index in [1.54, 1.807) is 0 Å². The van der Waals surface area contributed by atoms with Gasteiger partial charge in [-0.2, -0.15) is 0 Å². The van der Waals surface area contributed by atoms with E-state index in [2.05, 4.69) is 210 Å². The van der Waals surface area contributed by atoms with Crippen LogP contribution in [0.1, 0.15) is 110 Å². The maximum atomic E-state index is 2.63. The van der Waals surface area contributed by atoms with E-state index >= 15 is 0 Å². The van der Waals surface area contributed by atoms with Gasteiger partial charge in [0.15, 0.2) is 0 Å². The third-order valence-corrected chi connectivity index (χ3v) is 15.3. The van der Waals surface area contributed by atoms with Crippen LogP contribution in [0.2, 0.25) is 0 Å². The van der Waals surface area contributed by atoms with Crippen LogP contribution in [-0.4, -0.2) is 0 Å². The number of anilines is 2. The Bertz CT molecular complexity index is 2980. The number of hydrogen-bond donors (Lipinski definition) is 0. The summed E-state index contributed by atoms with van der Waals surface area (Å²) in [6.07, 6.45) is 4.56. The molecule has 5 aliphatic carbocycles. The number of benzene rings is 7. The fourth-order valence-electron chi connectivity index (χ4n) is 12.5. The molecule has 0 amide bonds. The first-order valence-electron chi connectivity index (χ1n) is 21.6. The zero-order chi connectivity index (χ0) is 40.1. The molecule has 0 fully saturated rings. The summed E-state index contributed by atoms with van der Waals surface area (Å²) in [5, 5.41) is 0. The van der Waals surface area contributed by atoms with Gasteiger partial charge in [0.05, 0.1) is 5.41 Å². The van der Waals surface area contributed by atoms with Crippen molar-refractivity contribution in [1.29, 1.82) is 0 Å². The Labute approximate surface area is 349 Å². The summed E-state index contributed by atoms with van der Waals surface area (Å²) < 4.78 is 0. The average molecular weight is 760 g/mol. The third kappa shape index (κ3) is 4.36. The van der Waals surface area contributed by atoms with Crippen LogP contribution in [0.15, 0.2) is 175 Å². The van der Waals surface area contributed by atoms with Crippen LogP contribution in [0.25, 0.3) is 27.8 Å². The van der Waals surface area contributed by atoms with Crippen molar-refractivity contribution in [2.45, 2.75) is 76.0 Å². The van der Waals surface area contributed by atoms with Gasteiger partial charge in [0.1, 0.15) is 0 Å². The van der Waals surface area contributed by atoms with Gasteiger partial charge in [-0.25, -0.2) is 0 Å². The standard InChI is InChI=1S/C58H49N/c1-55(2)45-20-10-7-17-39(45)42-30-27-36(33-52(42)55)59(37-28-31-43-40-18-8-11-21-46(40)56(3,4)53(43)34-37)38-29-32-44-41-19-9-12-22-47(41)58(54(44)35-38)50-25-15-13-23-48(50)57(5,6)49-24-14-16-26-51(49)58/h7-27,29-30,32-35H,28,31H2,1-6H3. The van der Waals surface area contributed by atoms with Crippen LogP contribution in [0.3, 0.4) is 0 Å². The lowest BCUT2D eigenvalue weighted by Crippen LogP contribution is -2.40. The van der Waals surface area contributed by atoms with Crippen molar-refractivity contribution in [2.75, 3.05) is 4.90 Å². The summed E-state index contributed by atoms with van der Waals surface area (Å²) in [7, 11) is 0. The van der Waals surface area contributed by atoms with Crippen LogP contribution in [0.5, 0.6) is 0 Å². The van der Waals surface area contributed by atoms with E-state index in [0.29, 0.717) is 0 Å². The van der Waals surface area contributed by atoms with Gasteiger partial charge < -0.3 is 4.90 Å². The predicted molar refractivity (Wildman–Crippen MR) is 246 cm³/mol. The quantitative estimate of drug-likeness (QED) is 0.173. The molecule has 1 spiro atoms. The highest BCUT2D eigenvalue weighted by Crippen LogP contribution is 2.63. The van der Waals surface area contributed by atoms with Gasteiger partial charge in [0.25, 0.3) is 0 Å². The molecule has 0 bridgehead atoms. The minimum absolute atomic E-state index is 0.0726. The Balaban J connectivity index is 1.13. The number of allylic oxidation sites excluding steroid dienone is 4. The smallest absolute Gasteiger partial charge is 0.0720 e. The molecule has 0 heterocycles. The highest BCUT2D eigenvalue weighted by molar-refractivity contribution is 5.92. The van der Waals surface area contributed by atoms with Gasteiger partial charge >= 0.3 is 0 Å². The van der Waals surface area contributed by atoms with E-state index in [1.165, 1.54) is 106 Å². The molecule has 7 aromatic carbocycles. The molecule has 0 unspecified atom stereocenters. The second-order valence-corrected chi connectivity index (χ2v) is 19.2. The van der Waals surface area contributed by atoms with Crippen molar-refractivity contribution < 1.29 is 0 Å². The van der Waals surface area contributed by atoms with E-state index in [0.717, 1.165) is 12.8 Å². The van der Waals surface area contributed by atoms with Crippen molar-refractivity contribution in [2.24, 2.45) is 0 Å². The van der Waals surface area contributed by atoms with Gasteiger partial charge in [-0.15, -0.1) is 0 Å². The Kier molecular flexibility index (Phi) is 6.92. The molecule has 0 aliphatic heterocycles. The normalized spacial score (nSPS) is 18.4. The van der Waals surface area contributed by atoms with Crippen molar-refractivity contribution in [3.05, 3.63) is 231 Å². The first-order valence-corrected chi connectivity index (χ1v) is 21.6. The van der Waals surface area contributed by atoms with Crippen LogP contribution >= 0.6 is 0 Å². The minimum Gasteiger partial charge on any atom is -0.314 e. The van der Waals surface area contributed by atoms with Gasteiger partial charge in [-0.3, -0.25) is 0 Å². The molecule has 12 rings (SSSR count). The number of fused-ring (bicyclic) bond motifs is 14. The van der Waals surface area contributed by atoms with Crippen molar-refractivity contribution in [1.82, 2.24) is 0 Å². The van der Waals surface area contributed by atoms with Gasteiger partial charge in [0, 0.05) is 33.3 Å². The van der Waals surface area contributed by atoms with Crippen molar-refractivity contribution >= 4 is 16.9 Å². The van der Waals surface area contributed by atoms with Crippen LogP contribution in [0.4, 0.5) is 11.4 Å². The van der Waals surface area contributed by atoms with Gasteiger partial charge in [-0.1, -0.05) is 175 Å². The molecule has 0 saturated heterocycles. The molecule has 1 nitrogen and oxygen atoms in total. The van der Waals surface area contributed by atoms with Gasteiger partial charge in [-0.05, 0) is 132 Å². The highest BCUT2D eigenvalue weighted by Gasteiger charge is 2.53. The molecule has 7 aromatic rings. The molecule has 59 heavy (non-hydrogen) atoms. The molecule has 1 heteroatoms. The van der Waals surface area contributed by atoms with Crippen LogP contribution in [0, 0.1) is 0 Å². The molecule has 0 aromatic heterocycles. The summed E-state index contributed by atoms with van der Waals surface area (Å²) in [6.45, 7) is 14.5. The van der Waals surface area contributed by atoms with E-state index < -0.39 is 5.41 Å². The fourth-order valence-corrected chi connectivity index (χ4v) is 12.5. The van der Waals surface area contributed by atoms with E-state index in [-0.39, 0.29) is 16.2 Å². The minimum atomic E-state index is -0.455. The zero-order valence-corrected chi connectivity index (χ0v) is 34.9. The van der Waals surface area contributed by atoms with Crippen molar-refractivity contribution in [3.63, 3.8) is 0 Å². The number of hydrogen-bond acceptors (Lipinski definition) is 1. The average Bonchev–Trinajstić information content (AvgIpc) is 3.78. The maximum absolute atomic E-state index is 2.63. The zero-order valence-electron chi connectivity index (χ0n) is 34.9. The van der Waals surface area contributed by atoms with E-state index in [1.807, 2.05) is 0 Å². The molecule has 0 radical (unpaired) electrons. The molecule has 286 valence electrons. The maximum Gasteiger partial charge on any atom is 0.0720 e. The predicted octanol–water partition coefficient (Wildman–Crippen LogP) is 14.6. The lowest BCUT2D eigenvalue weighted by molar-refractivity contribution is 0.563. The highest BCUT2D eigenvalue weighted by atomic mass is 15.1. The molecular weight excluding hydrogens is 711 g/mol. The molecule has 0 N–H and O–H groups in total. The Morgan fingerprint density at radius 2 is 0.780 bits per heavy atom. The Morgan fingerprint density at radius 1 is 0.356 bits per heavy atom. The largest absolute Gasteiger partial charge is 0.314 e. The number of rotatable bonds is 3. The van der Waals surface area contributed by atoms with Gasteiger partial charge in [0.2, 0.25) is 0 Å². The molecule has 0 atom stereocenters. The second kappa shape index (κ2) is 11.7. The first-order chi connectivity index (χ1) is 28.5. The van der Waals surface area contributed by atoms with E-state index in [9.17, 15) is 0 Å². The lowest BCUT2D eigenvalue weighted by Gasteiger charge is -2.46. The summed E-state index contributed by atoms with van der Waals surface area (Å²) >= 11 is 0. The molecule has 0 saturated carbocycles. The summed E-state index contributed by atoms with van der Waals surface area (Å²) in [4.78, 5) is 2.63. The third-order valence-electron chi connectivity index (χ3n) is 15.3. The summed E-state index contributed by atoms with van der Waals surface area (Å²) in [5.41, 5.74) is 25.4. The topological polar surface area (TPSA) is 3.24 Å². The summed E-state index contributed by atoms with van der Waals surface area (Å²) in [6, 6.07) is 60.6. The molecular formula is C58H49N. The Hall–Kier alpha value is -6.18. The second-order valence-electron chi connectivity index (χ2n) is 19.2. The summed E-state index contributed by atoms with van der Waals surface area (Å²) in [5.74, 6) is 0. The van der Waals surface area contributed by atoms with Crippen LogP contribution in [-0.2, 0) is 21.7 Å². The lowest BCUT2D eigenvalue weighted by atomic mass is 9.55. The van der Waals surface area contributed by atoms with E-state index in [4.69, 9.17) is 0 Å². The first kappa shape index (κ1) is 34.8. The Morgan fingerprint density at radius 3 is 1.39 bits per heavy atom. The SMILES string of the molecule is CC1(C)C2=C(CCC(N(c3ccc4c(c3)C(C)(C)c3ccccc3-4)c3ccc4c(c3)C3(c5ccccc5-4)c4ccccc4C(C)(C)c4ccccc43)=C2)c2ccccc21. The fraction of sp³-hybridized carbons (Fsp3) is 0.207.